The Hall–Kier alpha value is -2.16. The number of nitrogens with one attached hydrogen (secondary N) is 1. The second-order valence-electron chi connectivity index (χ2n) is 4.91. The van der Waals surface area contributed by atoms with Crippen molar-refractivity contribution in [3.8, 4) is 10.6 Å². The third-order valence-electron chi connectivity index (χ3n) is 3.20. The van der Waals surface area contributed by atoms with Gasteiger partial charge in [-0.1, -0.05) is 30.3 Å². The summed E-state index contributed by atoms with van der Waals surface area (Å²) in [4.78, 5) is 3.76. The van der Waals surface area contributed by atoms with Crippen LogP contribution in [0.5, 0.6) is 0 Å². The minimum absolute atomic E-state index is 0.0809. The molecule has 0 spiro atoms. The van der Waals surface area contributed by atoms with Crippen LogP contribution in [0.25, 0.3) is 10.6 Å². The molecule has 1 N–H and O–H groups in total. The van der Waals surface area contributed by atoms with Gasteiger partial charge in [0, 0.05) is 17.0 Å². The van der Waals surface area contributed by atoms with Gasteiger partial charge >= 0.3 is 0 Å². The van der Waals surface area contributed by atoms with Gasteiger partial charge in [-0.2, -0.15) is 0 Å². The van der Waals surface area contributed by atoms with Crippen molar-refractivity contribution in [2.24, 2.45) is 0 Å². The molecule has 3 rings (SSSR count). The molecule has 0 bridgehead atoms. The van der Waals surface area contributed by atoms with Crippen LogP contribution in [-0.4, -0.2) is 13.4 Å². The van der Waals surface area contributed by atoms with Gasteiger partial charge in [0.25, 0.3) is 0 Å². The molecule has 1 aromatic heterocycles. The number of halogens is 2. The number of thiazole rings is 1. The zero-order valence-corrected chi connectivity index (χ0v) is 13.9. The lowest BCUT2D eigenvalue weighted by Crippen LogP contribution is -2.24. The molecule has 0 unspecified atom stereocenters. The van der Waals surface area contributed by atoms with Gasteiger partial charge in [0.15, 0.2) is 0 Å². The molecule has 8 heteroatoms. The lowest BCUT2D eigenvalue weighted by atomic mass is 10.2. The van der Waals surface area contributed by atoms with Gasteiger partial charge in [0.1, 0.15) is 21.5 Å². The highest BCUT2D eigenvalue weighted by Gasteiger charge is 2.19. The Labute approximate surface area is 141 Å². The fourth-order valence-corrected chi connectivity index (χ4v) is 3.92. The van der Waals surface area contributed by atoms with E-state index in [1.54, 1.807) is 5.38 Å². The smallest absolute Gasteiger partial charge is 0.240 e. The monoisotopic (exact) mass is 366 g/mol. The van der Waals surface area contributed by atoms with Crippen molar-refractivity contribution in [1.29, 1.82) is 0 Å². The second-order valence-corrected chi connectivity index (χ2v) is 7.50. The van der Waals surface area contributed by atoms with Crippen molar-refractivity contribution in [2.75, 3.05) is 0 Å². The maximum absolute atomic E-state index is 13.6. The zero-order valence-electron chi connectivity index (χ0n) is 12.2. The Balaban J connectivity index is 1.75. The fraction of sp³-hybridized carbons (Fsp3) is 0.0625. The minimum Gasteiger partial charge on any atom is -0.240 e. The van der Waals surface area contributed by atoms with Crippen molar-refractivity contribution in [2.45, 2.75) is 11.4 Å². The Morgan fingerprint density at radius 2 is 1.83 bits per heavy atom. The molecule has 0 atom stereocenters. The summed E-state index contributed by atoms with van der Waals surface area (Å²) in [6.07, 6.45) is 0. The SMILES string of the molecule is O=S(=O)(NCc1csc(-c2ccccc2)n1)c1ccc(F)cc1F. The van der Waals surface area contributed by atoms with Crippen LogP contribution in [0.4, 0.5) is 8.78 Å². The maximum Gasteiger partial charge on any atom is 0.243 e. The van der Waals surface area contributed by atoms with Gasteiger partial charge in [-0.15, -0.1) is 11.3 Å². The Morgan fingerprint density at radius 1 is 1.08 bits per heavy atom. The van der Waals surface area contributed by atoms with E-state index in [0.717, 1.165) is 22.7 Å². The van der Waals surface area contributed by atoms with E-state index < -0.39 is 26.6 Å². The molecule has 0 saturated carbocycles. The molecule has 2 aromatic carbocycles. The maximum atomic E-state index is 13.6. The van der Waals surface area contributed by atoms with Crippen LogP contribution in [0.3, 0.4) is 0 Å². The number of hydrogen-bond acceptors (Lipinski definition) is 4. The van der Waals surface area contributed by atoms with Crippen LogP contribution in [0.15, 0.2) is 58.8 Å². The molecule has 0 amide bonds. The summed E-state index contributed by atoms with van der Waals surface area (Å²) in [6.45, 7) is -0.0809. The van der Waals surface area contributed by atoms with Crippen LogP contribution in [0.1, 0.15) is 5.69 Å². The number of sulfonamides is 1. The normalized spacial score (nSPS) is 11.6. The van der Waals surface area contributed by atoms with Crippen molar-refractivity contribution < 1.29 is 17.2 Å². The molecule has 1 heterocycles. The molecular weight excluding hydrogens is 354 g/mol. The minimum atomic E-state index is -4.09. The summed E-state index contributed by atoms with van der Waals surface area (Å²) in [7, 11) is -4.09. The highest BCUT2D eigenvalue weighted by Crippen LogP contribution is 2.23. The number of nitrogens with zero attached hydrogens (tertiary/aromatic N) is 1. The summed E-state index contributed by atoms with van der Waals surface area (Å²) < 4.78 is 53.0. The summed E-state index contributed by atoms with van der Waals surface area (Å²) in [5.74, 6) is -1.97. The van der Waals surface area contributed by atoms with E-state index in [0.29, 0.717) is 11.8 Å². The number of rotatable bonds is 5. The fourth-order valence-electron chi connectivity index (χ4n) is 2.04. The lowest BCUT2D eigenvalue weighted by Gasteiger charge is -2.06. The predicted octanol–water partition coefficient (Wildman–Crippen LogP) is 3.57. The first kappa shape index (κ1) is 16.7. The molecule has 0 fully saturated rings. The first-order chi connectivity index (χ1) is 11.5. The summed E-state index contributed by atoms with van der Waals surface area (Å²) in [6, 6.07) is 11.8. The standard InChI is InChI=1S/C16H12F2N2O2S2/c17-12-6-7-15(14(18)8-12)24(21,22)19-9-13-10-23-16(20-13)11-4-2-1-3-5-11/h1-8,10,19H,9H2. The molecule has 3 aromatic rings. The lowest BCUT2D eigenvalue weighted by molar-refractivity contribution is 0.542. The molecule has 0 saturated heterocycles. The first-order valence-corrected chi connectivity index (χ1v) is 9.26. The van der Waals surface area contributed by atoms with E-state index >= 15 is 0 Å². The molecule has 4 nitrogen and oxygen atoms in total. The van der Waals surface area contributed by atoms with Gasteiger partial charge in [-0.05, 0) is 12.1 Å². The predicted molar refractivity (Wildman–Crippen MR) is 87.9 cm³/mol. The van der Waals surface area contributed by atoms with Gasteiger partial charge in [-0.3, -0.25) is 0 Å². The van der Waals surface area contributed by atoms with E-state index in [2.05, 4.69) is 9.71 Å². The Morgan fingerprint density at radius 3 is 2.54 bits per heavy atom. The van der Waals surface area contributed by atoms with Crippen LogP contribution in [0.2, 0.25) is 0 Å². The molecule has 0 aliphatic rings. The van der Waals surface area contributed by atoms with Crippen LogP contribution in [-0.2, 0) is 16.6 Å². The number of aromatic nitrogens is 1. The van der Waals surface area contributed by atoms with Crippen LogP contribution in [0, 0.1) is 11.6 Å². The van der Waals surface area contributed by atoms with E-state index in [-0.39, 0.29) is 6.54 Å². The van der Waals surface area contributed by atoms with Crippen molar-refractivity contribution in [3.05, 3.63) is 71.2 Å². The van der Waals surface area contributed by atoms with Crippen LogP contribution < -0.4 is 4.72 Å². The number of benzene rings is 2. The topological polar surface area (TPSA) is 59.1 Å². The second kappa shape index (κ2) is 6.76. The summed E-state index contributed by atoms with van der Waals surface area (Å²) >= 11 is 1.38. The van der Waals surface area contributed by atoms with E-state index in [1.165, 1.54) is 11.3 Å². The average molecular weight is 366 g/mol. The molecule has 0 aliphatic heterocycles. The molecule has 124 valence electrons. The highest BCUT2D eigenvalue weighted by molar-refractivity contribution is 7.89. The molecular formula is C16H12F2N2O2S2. The van der Waals surface area contributed by atoms with Gasteiger partial charge in [0.2, 0.25) is 10.0 Å². The third-order valence-corrected chi connectivity index (χ3v) is 5.57. The van der Waals surface area contributed by atoms with Crippen molar-refractivity contribution in [3.63, 3.8) is 0 Å². The molecule has 0 aliphatic carbocycles. The van der Waals surface area contributed by atoms with Gasteiger partial charge in [-0.25, -0.2) is 26.9 Å². The highest BCUT2D eigenvalue weighted by atomic mass is 32.2. The summed E-state index contributed by atoms with van der Waals surface area (Å²) in [5, 5.41) is 2.49. The van der Waals surface area contributed by atoms with Gasteiger partial charge < -0.3 is 0 Å². The molecule has 0 radical (unpaired) electrons. The van der Waals surface area contributed by atoms with Gasteiger partial charge in [0.05, 0.1) is 12.2 Å². The van der Waals surface area contributed by atoms with E-state index in [1.807, 2.05) is 30.3 Å². The van der Waals surface area contributed by atoms with Crippen molar-refractivity contribution in [1.82, 2.24) is 9.71 Å². The first-order valence-electron chi connectivity index (χ1n) is 6.90. The molecule has 24 heavy (non-hydrogen) atoms. The zero-order chi connectivity index (χ0) is 17.2. The summed E-state index contributed by atoms with van der Waals surface area (Å²) in [5.41, 5.74) is 1.45. The third kappa shape index (κ3) is 3.66. The van der Waals surface area contributed by atoms with Crippen molar-refractivity contribution >= 4 is 21.4 Å². The average Bonchev–Trinajstić information content (AvgIpc) is 3.02. The Kier molecular flexibility index (Phi) is 4.70. The largest absolute Gasteiger partial charge is 0.243 e. The van der Waals surface area contributed by atoms with E-state index in [4.69, 9.17) is 0 Å². The van der Waals surface area contributed by atoms with E-state index in [9.17, 15) is 17.2 Å². The van der Waals surface area contributed by atoms with Crippen LogP contribution >= 0.6 is 11.3 Å². The number of hydrogen-bond donors (Lipinski definition) is 1. The Bertz CT molecular complexity index is 957. The quantitative estimate of drug-likeness (QED) is 0.751.